The molecule has 0 spiro atoms. The van der Waals surface area contributed by atoms with E-state index in [1.807, 2.05) is 0 Å². The van der Waals surface area contributed by atoms with Crippen LogP contribution in [0, 0.1) is 5.92 Å². The van der Waals surface area contributed by atoms with Gasteiger partial charge in [-0.05, 0) is 30.3 Å². The number of halogens is 1. The van der Waals surface area contributed by atoms with Crippen LogP contribution in [-0.2, 0) is 19.1 Å². The summed E-state index contributed by atoms with van der Waals surface area (Å²) in [7, 11) is 4.33. The molecule has 1 saturated heterocycles. The molecule has 0 unspecified atom stereocenters. The fourth-order valence-corrected chi connectivity index (χ4v) is 3.49. The van der Waals surface area contributed by atoms with Crippen molar-refractivity contribution in [1.82, 2.24) is 10.4 Å². The number of carbonyl (C=O) groups excluding carboxylic acids is 4. The Balaban J connectivity index is 1.54. The summed E-state index contributed by atoms with van der Waals surface area (Å²) in [5, 5.41) is 3.97. The number of hydrazine groups is 1. The van der Waals surface area contributed by atoms with Gasteiger partial charge in [0, 0.05) is 23.1 Å². The largest absolute Gasteiger partial charge is 0.497 e. The minimum atomic E-state index is -0.851. The molecule has 1 heterocycles. The number of benzene rings is 2. The number of nitrogens with zero attached hydrogens (tertiary/aromatic N) is 1. The zero-order valence-electron chi connectivity index (χ0n) is 19.3. The van der Waals surface area contributed by atoms with Crippen LogP contribution >= 0.6 is 11.6 Å². The first-order valence-corrected chi connectivity index (χ1v) is 10.8. The van der Waals surface area contributed by atoms with Crippen molar-refractivity contribution in [2.75, 3.05) is 39.8 Å². The molecule has 0 bridgehead atoms. The minimum Gasteiger partial charge on any atom is -0.497 e. The van der Waals surface area contributed by atoms with Gasteiger partial charge in [-0.3, -0.25) is 29.6 Å². The summed E-state index contributed by atoms with van der Waals surface area (Å²) in [5.41, 5.74) is 2.99. The molecule has 3 amide bonds. The van der Waals surface area contributed by atoms with Crippen LogP contribution in [0.5, 0.6) is 17.2 Å². The van der Waals surface area contributed by atoms with Crippen molar-refractivity contribution in [3.63, 3.8) is 0 Å². The number of hydrogen-bond acceptors (Lipinski definition) is 8. The highest BCUT2D eigenvalue weighted by molar-refractivity contribution is 6.31. The standard InChI is InChI=1S/C23H24ClN3O8/c1-32-16-6-13(7-17(10-16)33-2)22(30)26-27-11-14(8-21(27)29)23(31)35-12-20(28)25-18-9-15(24)4-5-19(18)34-3/h4-7,9-10,14H,8,11-12H2,1-3H3,(H,25,28)(H,26,30)/t14-/m1/s1. The number of carbonyl (C=O) groups is 4. The predicted molar refractivity (Wildman–Crippen MR) is 124 cm³/mol. The van der Waals surface area contributed by atoms with Crippen LogP contribution in [0.2, 0.25) is 5.02 Å². The van der Waals surface area contributed by atoms with E-state index in [2.05, 4.69) is 10.7 Å². The Morgan fingerprint density at radius 1 is 1.03 bits per heavy atom. The number of amides is 3. The number of methoxy groups -OCH3 is 3. The van der Waals surface area contributed by atoms with Crippen molar-refractivity contribution >= 4 is 41.0 Å². The first-order chi connectivity index (χ1) is 16.7. The van der Waals surface area contributed by atoms with Gasteiger partial charge in [0.2, 0.25) is 5.91 Å². The number of ether oxygens (including phenoxy) is 4. The van der Waals surface area contributed by atoms with E-state index in [0.717, 1.165) is 5.01 Å². The third-order valence-electron chi connectivity index (χ3n) is 5.09. The minimum absolute atomic E-state index is 0.103. The Kier molecular flexibility index (Phi) is 8.37. The number of anilines is 1. The van der Waals surface area contributed by atoms with Gasteiger partial charge in [0.15, 0.2) is 6.61 Å². The van der Waals surface area contributed by atoms with Gasteiger partial charge in [0.05, 0.1) is 39.5 Å². The van der Waals surface area contributed by atoms with E-state index in [1.54, 1.807) is 18.2 Å². The smallest absolute Gasteiger partial charge is 0.311 e. The summed E-state index contributed by atoms with van der Waals surface area (Å²) in [6.07, 6.45) is -0.176. The zero-order valence-corrected chi connectivity index (χ0v) is 20.0. The van der Waals surface area contributed by atoms with Crippen molar-refractivity contribution in [3.8, 4) is 17.2 Å². The normalized spacial score (nSPS) is 14.8. The van der Waals surface area contributed by atoms with Gasteiger partial charge in [-0.1, -0.05) is 11.6 Å². The second kappa shape index (κ2) is 11.4. The number of rotatable bonds is 9. The molecule has 2 aromatic carbocycles. The van der Waals surface area contributed by atoms with Crippen LogP contribution in [0.25, 0.3) is 0 Å². The number of esters is 1. The van der Waals surface area contributed by atoms with Gasteiger partial charge in [-0.25, -0.2) is 0 Å². The van der Waals surface area contributed by atoms with Crippen LogP contribution in [-0.4, -0.2) is 63.2 Å². The molecule has 0 radical (unpaired) electrons. The molecule has 3 rings (SSSR count). The van der Waals surface area contributed by atoms with Crippen molar-refractivity contribution in [3.05, 3.63) is 47.0 Å². The molecule has 1 aliphatic heterocycles. The average Bonchev–Trinajstić information content (AvgIpc) is 3.22. The van der Waals surface area contributed by atoms with E-state index in [9.17, 15) is 19.2 Å². The number of hydrogen-bond donors (Lipinski definition) is 2. The summed E-state index contributed by atoms with van der Waals surface area (Å²) < 4.78 is 20.5. The molecule has 1 fully saturated rings. The molecule has 1 atom stereocenters. The second-order valence-electron chi connectivity index (χ2n) is 7.45. The lowest BCUT2D eigenvalue weighted by atomic mass is 10.1. The second-order valence-corrected chi connectivity index (χ2v) is 7.88. The maximum atomic E-state index is 12.6. The van der Waals surface area contributed by atoms with Crippen LogP contribution < -0.4 is 25.0 Å². The summed E-state index contributed by atoms with van der Waals surface area (Å²) in [4.78, 5) is 49.6. The highest BCUT2D eigenvalue weighted by Gasteiger charge is 2.37. The van der Waals surface area contributed by atoms with Crippen molar-refractivity contribution in [2.24, 2.45) is 5.92 Å². The summed E-state index contributed by atoms with van der Waals surface area (Å²) in [5.74, 6) is -2.07. The predicted octanol–water partition coefficient (Wildman–Crippen LogP) is 2.04. The maximum Gasteiger partial charge on any atom is 0.311 e. The van der Waals surface area contributed by atoms with Crippen LogP contribution in [0.4, 0.5) is 5.69 Å². The Labute approximate surface area is 206 Å². The van der Waals surface area contributed by atoms with Crippen LogP contribution in [0.1, 0.15) is 16.8 Å². The third kappa shape index (κ3) is 6.54. The van der Waals surface area contributed by atoms with Gasteiger partial charge < -0.3 is 24.3 Å². The maximum absolute atomic E-state index is 12.6. The highest BCUT2D eigenvalue weighted by atomic mass is 35.5. The molecule has 0 saturated carbocycles. The van der Waals surface area contributed by atoms with E-state index in [4.69, 9.17) is 30.5 Å². The van der Waals surface area contributed by atoms with E-state index < -0.39 is 36.2 Å². The lowest BCUT2D eigenvalue weighted by molar-refractivity contribution is -0.151. The van der Waals surface area contributed by atoms with E-state index in [-0.39, 0.29) is 18.5 Å². The van der Waals surface area contributed by atoms with Crippen molar-refractivity contribution < 1.29 is 38.1 Å². The molecular formula is C23H24ClN3O8. The summed E-state index contributed by atoms with van der Waals surface area (Å²) >= 11 is 5.93. The summed E-state index contributed by atoms with van der Waals surface area (Å²) in [6.45, 7) is -0.677. The molecule has 35 heavy (non-hydrogen) atoms. The topological polar surface area (TPSA) is 133 Å². The lowest BCUT2D eigenvalue weighted by Crippen LogP contribution is -2.43. The third-order valence-corrected chi connectivity index (χ3v) is 5.32. The van der Waals surface area contributed by atoms with E-state index in [1.165, 1.54) is 39.5 Å². The monoisotopic (exact) mass is 505 g/mol. The highest BCUT2D eigenvalue weighted by Crippen LogP contribution is 2.28. The molecule has 1 aliphatic rings. The SMILES string of the molecule is COc1cc(OC)cc(C(=O)NN2C[C@H](C(=O)OCC(=O)Nc3cc(Cl)ccc3OC)CC2=O)c1. The molecule has 2 N–H and O–H groups in total. The quantitative estimate of drug-likeness (QED) is 0.495. The molecule has 12 heteroatoms. The molecule has 2 aromatic rings. The molecule has 0 aromatic heterocycles. The van der Waals surface area contributed by atoms with E-state index in [0.29, 0.717) is 28.0 Å². The molecule has 0 aliphatic carbocycles. The number of nitrogens with one attached hydrogen (secondary N) is 2. The fraction of sp³-hybridized carbons (Fsp3) is 0.304. The van der Waals surface area contributed by atoms with E-state index >= 15 is 0 Å². The van der Waals surface area contributed by atoms with Crippen molar-refractivity contribution in [2.45, 2.75) is 6.42 Å². The van der Waals surface area contributed by atoms with Crippen LogP contribution in [0.15, 0.2) is 36.4 Å². The molecular weight excluding hydrogens is 482 g/mol. The lowest BCUT2D eigenvalue weighted by Gasteiger charge is -2.18. The first-order valence-electron chi connectivity index (χ1n) is 10.4. The summed E-state index contributed by atoms with van der Waals surface area (Å²) in [6, 6.07) is 9.24. The van der Waals surface area contributed by atoms with Crippen molar-refractivity contribution in [1.29, 1.82) is 0 Å². The average molecular weight is 506 g/mol. The van der Waals surface area contributed by atoms with Gasteiger partial charge in [0.1, 0.15) is 17.2 Å². The first kappa shape index (κ1) is 25.6. The Bertz CT molecular complexity index is 1120. The van der Waals surface area contributed by atoms with Gasteiger partial charge >= 0.3 is 5.97 Å². The zero-order chi connectivity index (χ0) is 25.5. The Morgan fingerprint density at radius 3 is 2.34 bits per heavy atom. The van der Waals surface area contributed by atoms with Gasteiger partial charge in [0.25, 0.3) is 11.8 Å². The Hall–Kier alpha value is -3.99. The Morgan fingerprint density at radius 2 is 1.71 bits per heavy atom. The van der Waals surface area contributed by atoms with Gasteiger partial charge in [-0.15, -0.1) is 0 Å². The van der Waals surface area contributed by atoms with Crippen LogP contribution in [0.3, 0.4) is 0 Å². The molecule has 11 nitrogen and oxygen atoms in total. The van der Waals surface area contributed by atoms with Gasteiger partial charge in [-0.2, -0.15) is 0 Å². The molecule has 186 valence electrons. The fourth-order valence-electron chi connectivity index (χ4n) is 3.32.